The molecule has 0 aromatic carbocycles. The van der Waals surface area contributed by atoms with E-state index in [9.17, 15) is 0 Å². The second-order valence-electron chi connectivity index (χ2n) is 11.5. The van der Waals surface area contributed by atoms with Crippen molar-refractivity contribution in [2.75, 3.05) is 39.3 Å². The molecule has 0 aromatic heterocycles. The molecular weight excluding hydrogens is 376 g/mol. The Morgan fingerprint density at radius 2 is 1.10 bits per heavy atom. The van der Waals surface area contributed by atoms with Gasteiger partial charge < -0.3 is 9.80 Å². The van der Waals surface area contributed by atoms with Crippen LogP contribution >= 0.6 is 0 Å². The first-order valence-corrected chi connectivity index (χ1v) is 14.6. The molecule has 2 rings (SSSR count). The van der Waals surface area contributed by atoms with Crippen LogP contribution in [0.5, 0.6) is 0 Å². The maximum atomic E-state index is 2.85. The van der Waals surface area contributed by atoms with Crippen molar-refractivity contribution >= 4 is 0 Å². The molecule has 0 amide bonds. The minimum absolute atomic E-state index is 0.692. The zero-order valence-corrected chi connectivity index (χ0v) is 22.1. The number of likely N-dealkylation sites (tertiary alicyclic amines) is 2. The molecule has 2 aliphatic heterocycles. The molecule has 31 heavy (non-hydrogen) atoms. The summed E-state index contributed by atoms with van der Waals surface area (Å²) in [6, 6.07) is 0. The second kappa shape index (κ2) is 15.7. The van der Waals surface area contributed by atoms with E-state index in [0.29, 0.717) is 5.41 Å². The Labute approximate surface area is 196 Å². The van der Waals surface area contributed by atoms with E-state index in [-0.39, 0.29) is 0 Å². The fraction of sp³-hybridized carbons (Fsp3) is 1.00. The standard InChI is InChI=1S/C29H58N2/c1-5-9-12-13-15-18-28(16-11-7-3)24-30-21-19-29(20-22-30)25-31(26-29)23-27(8-4)17-14-10-6-2/h27-28H,5-26H2,1-4H3. The lowest BCUT2D eigenvalue weighted by Gasteiger charge is -2.55. The van der Waals surface area contributed by atoms with E-state index in [1.165, 1.54) is 142 Å². The molecule has 1 spiro atoms. The third-order valence-corrected chi connectivity index (χ3v) is 8.54. The van der Waals surface area contributed by atoms with Crippen LogP contribution in [-0.2, 0) is 0 Å². The van der Waals surface area contributed by atoms with Gasteiger partial charge in [0.15, 0.2) is 0 Å². The summed E-state index contributed by atoms with van der Waals surface area (Å²) in [5, 5.41) is 0. The topological polar surface area (TPSA) is 6.48 Å². The number of hydrogen-bond acceptors (Lipinski definition) is 2. The van der Waals surface area contributed by atoms with E-state index in [2.05, 4.69) is 37.5 Å². The van der Waals surface area contributed by atoms with Gasteiger partial charge in [0.25, 0.3) is 0 Å². The molecule has 0 aliphatic carbocycles. The first kappa shape index (κ1) is 27.2. The van der Waals surface area contributed by atoms with Gasteiger partial charge in [-0.1, -0.05) is 98.3 Å². The highest BCUT2D eigenvalue weighted by atomic mass is 15.2. The van der Waals surface area contributed by atoms with Crippen molar-refractivity contribution < 1.29 is 0 Å². The molecule has 2 fully saturated rings. The van der Waals surface area contributed by atoms with Crippen molar-refractivity contribution in [3.8, 4) is 0 Å². The highest BCUT2D eigenvalue weighted by Gasteiger charge is 2.44. The molecule has 0 bridgehead atoms. The van der Waals surface area contributed by atoms with Gasteiger partial charge in [0.2, 0.25) is 0 Å². The van der Waals surface area contributed by atoms with E-state index in [1.54, 1.807) is 0 Å². The van der Waals surface area contributed by atoms with Gasteiger partial charge in [0.05, 0.1) is 0 Å². The lowest BCUT2D eigenvalue weighted by Crippen LogP contribution is -2.61. The predicted octanol–water partition coefficient (Wildman–Crippen LogP) is 8.16. The van der Waals surface area contributed by atoms with Crippen LogP contribution in [0.25, 0.3) is 0 Å². The van der Waals surface area contributed by atoms with Crippen molar-refractivity contribution in [3.05, 3.63) is 0 Å². The molecule has 2 heterocycles. The van der Waals surface area contributed by atoms with Gasteiger partial charge in [-0.05, 0) is 62.4 Å². The minimum Gasteiger partial charge on any atom is -0.303 e. The molecule has 0 N–H and O–H groups in total. The third kappa shape index (κ3) is 10.2. The summed E-state index contributed by atoms with van der Waals surface area (Å²) in [7, 11) is 0. The zero-order chi connectivity index (χ0) is 22.4. The minimum atomic E-state index is 0.692. The molecule has 2 atom stereocenters. The molecule has 2 nitrogen and oxygen atoms in total. The molecule has 0 saturated carbocycles. The average molecular weight is 435 g/mol. The van der Waals surface area contributed by atoms with Crippen LogP contribution in [0, 0.1) is 17.3 Å². The SMILES string of the molecule is CCCCCCCC(CCCC)CN1CCC2(CC1)CN(CC(CC)CCCCC)C2. The third-order valence-electron chi connectivity index (χ3n) is 8.54. The smallest absolute Gasteiger partial charge is 0.00516 e. The Morgan fingerprint density at radius 1 is 0.581 bits per heavy atom. The van der Waals surface area contributed by atoms with E-state index in [0.717, 1.165) is 11.8 Å². The first-order chi connectivity index (χ1) is 15.1. The lowest BCUT2D eigenvalue weighted by atomic mass is 9.71. The number of hydrogen-bond donors (Lipinski definition) is 0. The van der Waals surface area contributed by atoms with Crippen molar-refractivity contribution in [2.45, 2.75) is 130 Å². The fourth-order valence-corrected chi connectivity index (χ4v) is 6.25. The van der Waals surface area contributed by atoms with Gasteiger partial charge in [0.1, 0.15) is 0 Å². The van der Waals surface area contributed by atoms with E-state index < -0.39 is 0 Å². The first-order valence-electron chi connectivity index (χ1n) is 14.6. The quantitative estimate of drug-likeness (QED) is 0.201. The van der Waals surface area contributed by atoms with E-state index in [4.69, 9.17) is 0 Å². The molecule has 184 valence electrons. The summed E-state index contributed by atoms with van der Waals surface area (Å²) in [5.41, 5.74) is 0.692. The van der Waals surface area contributed by atoms with Crippen LogP contribution in [0.3, 0.4) is 0 Å². The lowest BCUT2D eigenvalue weighted by molar-refractivity contribution is -0.0561. The molecule has 2 aliphatic rings. The summed E-state index contributed by atoms with van der Waals surface area (Å²) < 4.78 is 0. The maximum Gasteiger partial charge on any atom is 0.00516 e. The average Bonchev–Trinajstić information content (AvgIpc) is 2.76. The Balaban J connectivity index is 1.65. The fourth-order valence-electron chi connectivity index (χ4n) is 6.25. The van der Waals surface area contributed by atoms with Gasteiger partial charge in [-0.15, -0.1) is 0 Å². The molecule has 0 aromatic rings. The van der Waals surface area contributed by atoms with Gasteiger partial charge >= 0.3 is 0 Å². The molecule has 2 unspecified atom stereocenters. The van der Waals surface area contributed by atoms with Crippen LogP contribution in [0.15, 0.2) is 0 Å². The van der Waals surface area contributed by atoms with Gasteiger partial charge in [-0.2, -0.15) is 0 Å². The van der Waals surface area contributed by atoms with Crippen molar-refractivity contribution in [2.24, 2.45) is 17.3 Å². The summed E-state index contributed by atoms with van der Waals surface area (Å²) in [4.78, 5) is 5.65. The molecule has 2 saturated heterocycles. The molecule has 2 heteroatoms. The number of unbranched alkanes of at least 4 members (excludes halogenated alkanes) is 7. The monoisotopic (exact) mass is 434 g/mol. The summed E-state index contributed by atoms with van der Waals surface area (Å²) in [5.74, 6) is 1.91. The van der Waals surface area contributed by atoms with Crippen LogP contribution in [-0.4, -0.2) is 49.1 Å². The van der Waals surface area contributed by atoms with E-state index >= 15 is 0 Å². The van der Waals surface area contributed by atoms with Crippen LogP contribution in [0.1, 0.15) is 130 Å². The normalized spacial score (nSPS) is 21.3. The highest BCUT2D eigenvalue weighted by Crippen LogP contribution is 2.41. The summed E-state index contributed by atoms with van der Waals surface area (Å²) >= 11 is 0. The predicted molar refractivity (Wildman–Crippen MR) is 139 cm³/mol. The largest absolute Gasteiger partial charge is 0.303 e. The number of rotatable bonds is 18. The van der Waals surface area contributed by atoms with Gasteiger partial charge in [0, 0.05) is 26.2 Å². The molecular formula is C29H58N2. The number of piperidine rings is 1. The van der Waals surface area contributed by atoms with Crippen molar-refractivity contribution in [1.29, 1.82) is 0 Å². The second-order valence-corrected chi connectivity index (χ2v) is 11.5. The van der Waals surface area contributed by atoms with Gasteiger partial charge in [-0.3, -0.25) is 0 Å². The number of nitrogens with zero attached hydrogens (tertiary/aromatic N) is 2. The maximum absolute atomic E-state index is 2.85. The summed E-state index contributed by atoms with van der Waals surface area (Å²) in [6.07, 6.45) is 22.9. The summed E-state index contributed by atoms with van der Waals surface area (Å²) in [6.45, 7) is 17.7. The van der Waals surface area contributed by atoms with Crippen LogP contribution in [0.4, 0.5) is 0 Å². The van der Waals surface area contributed by atoms with Crippen LogP contribution < -0.4 is 0 Å². The van der Waals surface area contributed by atoms with Crippen molar-refractivity contribution in [1.82, 2.24) is 9.80 Å². The molecule has 0 radical (unpaired) electrons. The Hall–Kier alpha value is -0.0800. The Morgan fingerprint density at radius 3 is 1.74 bits per heavy atom. The van der Waals surface area contributed by atoms with Gasteiger partial charge in [-0.25, -0.2) is 0 Å². The Bertz CT molecular complexity index is 418. The Kier molecular flexibility index (Phi) is 13.8. The van der Waals surface area contributed by atoms with E-state index in [1.807, 2.05) is 0 Å². The van der Waals surface area contributed by atoms with Crippen LogP contribution in [0.2, 0.25) is 0 Å². The van der Waals surface area contributed by atoms with Crippen molar-refractivity contribution in [3.63, 3.8) is 0 Å². The zero-order valence-electron chi connectivity index (χ0n) is 22.1. The highest BCUT2D eigenvalue weighted by molar-refractivity contribution is 4.98.